The molecule has 1 aliphatic heterocycles. The minimum atomic E-state index is -1.79. The number of hydrogen-bond donors (Lipinski definition) is 7. The Morgan fingerprint density at radius 1 is 0.456 bits per heavy atom. The minimum absolute atomic E-state index is 0.0747. The highest BCUT2D eigenvalue weighted by molar-refractivity contribution is 6.00. The van der Waals surface area contributed by atoms with Crippen molar-refractivity contribution in [3.05, 3.63) is 12.2 Å². The molecule has 0 radical (unpaired) electrons. The van der Waals surface area contributed by atoms with Crippen molar-refractivity contribution >= 4 is 65.0 Å². The number of hydrogen-bond acceptors (Lipinski definition) is 14. The zero-order chi connectivity index (χ0) is 70.1. The molecule has 1 heterocycles. The van der Waals surface area contributed by atoms with Crippen LogP contribution in [-0.2, 0) is 57.5 Å². The Bertz CT molecular complexity index is 2480. The monoisotopic (exact) mass is 1280 g/mol. The first-order valence-corrected chi connectivity index (χ1v) is 32.0. The average Bonchev–Trinajstić information content (AvgIpc) is 0.889. The predicted molar refractivity (Wildman–Crippen MR) is 345 cm³/mol. The van der Waals surface area contributed by atoms with Gasteiger partial charge in [0.05, 0.1) is 23.9 Å². The topological polar surface area (TPSA) is 317 Å². The fourth-order valence-electron chi connectivity index (χ4n) is 11.3. The lowest BCUT2D eigenvalue weighted by atomic mass is 9.91. The second-order valence-corrected chi connectivity index (χ2v) is 28.0. The van der Waals surface area contributed by atoms with Crippen molar-refractivity contribution < 1.29 is 67.7 Å². The molecule has 0 unspecified atom stereocenters. The van der Waals surface area contributed by atoms with E-state index in [0.717, 1.165) is 14.7 Å². The third kappa shape index (κ3) is 23.5. The van der Waals surface area contributed by atoms with Crippen LogP contribution in [0.2, 0.25) is 0 Å². The number of ether oxygens (including phenoxy) is 1. The van der Waals surface area contributed by atoms with Crippen LogP contribution < -0.4 is 26.6 Å². The van der Waals surface area contributed by atoms with Gasteiger partial charge in [0.15, 0.2) is 0 Å². The molecule has 25 heteroatoms. The van der Waals surface area contributed by atoms with E-state index < -0.39 is 167 Å². The molecule has 1 fully saturated rings. The van der Waals surface area contributed by atoms with Gasteiger partial charge in [-0.3, -0.25) is 52.7 Å². The molecule has 0 aromatic carbocycles. The number of nitrogens with zero attached hydrogens (tertiary/aromatic N) is 6. The van der Waals surface area contributed by atoms with Gasteiger partial charge in [0.25, 0.3) is 0 Å². The highest BCUT2D eigenvalue weighted by Gasteiger charge is 2.46. The Labute approximate surface area is 537 Å². The van der Waals surface area contributed by atoms with Crippen molar-refractivity contribution in [2.75, 3.05) is 42.3 Å². The molecule has 1 aliphatic rings. The summed E-state index contributed by atoms with van der Waals surface area (Å²) in [5, 5.41) is 37.1. The van der Waals surface area contributed by atoms with Crippen LogP contribution in [0.15, 0.2) is 12.2 Å². The smallest absolute Gasteiger partial charge is 0.248 e. The molecule has 0 saturated carbocycles. The predicted octanol–water partition coefficient (Wildman–Crippen LogP) is 2.83. The Morgan fingerprint density at radius 3 is 1.29 bits per heavy atom. The molecular weight excluding hydrogens is 1160 g/mol. The third-order valence-electron chi connectivity index (χ3n) is 16.4. The lowest BCUT2D eigenvalue weighted by Crippen LogP contribution is -2.65. The number of carbonyl (C=O) groups is 11. The lowest BCUT2D eigenvalue weighted by molar-refractivity contribution is -0.157. The molecule has 1 saturated heterocycles. The average molecular weight is 1280 g/mol. The van der Waals surface area contributed by atoms with Gasteiger partial charge >= 0.3 is 0 Å². The molecule has 25 nitrogen and oxygen atoms in total. The summed E-state index contributed by atoms with van der Waals surface area (Å²) >= 11 is 0. The van der Waals surface area contributed by atoms with Crippen molar-refractivity contribution in [3.63, 3.8) is 0 Å². The second kappa shape index (κ2) is 36.1. The maximum atomic E-state index is 15.2. The number of carbonyl (C=O) groups excluding carboxylic acids is 11. The van der Waals surface area contributed by atoms with Crippen LogP contribution in [0.25, 0.3) is 0 Å². The lowest BCUT2D eigenvalue weighted by Gasteiger charge is -2.40. The second-order valence-electron chi connectivity index (χ2n) is 28.0. The fraction of sp³-hybridized carbons (Fsp3) is 0.800. The largest absolute Gasteiger partial charge is 0.391 e. The molecule has 0 aliphatic carbocycles. The van der Waals surface area contributed by atoms with E-state index in [0.29, 0.717) is 0 Å². The Kier molecular flexibility index (Phi) is 32.8. The van der Waals surface area contributed by atoms with Crippen molar-refractivity contribution in [3.8, 4) is 0 Å². The van der Waals surface area contributed by atoms with Crippen LogP contribution in [0.4, 0.5) is 0 Å². The quantitative estimate of drug-likeness (QED) is 0.109. The Balaban J connectivity index is 4.47. The SMILES string of the molecule is C/C=C/C[C@@H](C)[C@@H](O)[C@H]1C(=O)N[C@@H]([C@@H](C)O)C(=O)N(C)[C@H](C)C(=O)N(C)[C@@H]([C@@H](C)OC(C)(C)C)C(=O)N[C@@H](CC(C)C)C(=O)N(C)[C@@H](CC(C)C)C(=O)N[C@@H](C)C(=O)N[C@H](C)C(=O)N(C)[C@@H](CC(C)C)C(=O)N[C@@H](CC(C)C)C(=O)N(C)[C@@H](C(C)C)C(=O)N1C. The molecule has 516 valence electrons. The van der Waals surface area contributed by atoms with Gasteiger partial charge in [-0.1, -0.05) is 88.3 Å². The van der Waals surface area contributed by atoms with Gasteiger partial charge in [0.1, 0.15) is 66.5 Å². The van der Waals surface area contributed by atoms with Crippen LogP contribution in [-0.4, -0.2) is 237 Å². The number of amides is 11. The van der Waals surface area contributed by atoms with E-state index >= 15 is 4.79 Å². The summed E-state index contributed by atoms with van der Waals surface area (Å²) in [6.45, 7) is 33.8. The molecule has 11 amide bonds. The first-order chi connectivity index (χ1) is 41.3. The molecular formula is C65H117N11O14. The molecule has 0 aromatic heterocycles. The van der Waals surface area contributed by atoms with E-state index in [1.165, 1.54) is 84.7 Å². The molecule has 0 aromatic rings. The van der Waals surface area contributed by atoms with E-state index in [1.807, 2.05) is 55.4 Å². The zero-order valence-corrected chi connectivity index (χ0v) is 59.2. The summed E-state index contributed by atoms with van der Waals surface area (Å²) in [7, 11) is 8.08. The van der Waals surface area contributed by atoms with E-state index in [9.17, 15) is 58.2 Å². The van der Waals surface area contributed by atoms with Gasteiger partial charge in [-0.2, -0.15) is 0 Å². The van der Waals surface area contributed by atoms with Crippen LogP contribution in [0.5, 0.6) is 0 Å². The summed E-state index contributed by atoms with van der Waals surface area (Å²) in [6, 6.07) is -15.2. The van der Waals surface area contributed by atoms with Gasteiger partial charge in [0, 0.05) is 42.3 Å². The molecule has 1 rings (SSSR count). The molecule has 15 atom stereocenters. The number of likely N-dealkylation sites (N-methyl/N-ethyl adjacent to an activating group) is 6. The number of aliphatic hydroxyl groups is 2. The van der Waals surface area contributed by atoms with Crippen molar-refractivity contribution in [1.29, 1.82) is 0 Å². The minimum Gasteiger partial charge on any atom is -0.391 e. The third-order valence-corrected chi connectivity index (χ3v) is 16.4. The van der Waals surface area contributed by atoms with E-state index in [-0.39, 0.29) is 55.8 Å². The standard InChI is InChI=1S/C65H117N11O14/c1-27-28-29-39(12)53(78)52-58(83)70-49(43(16)77)63(88)71(21)42(15)60(85)75(25)51(44(17)90-65(18,19)20)57(82)69-45(30-34(2)3)61(86)73(23)47(32-36(6)7)55(80)66-40(13)54(79)67-41(14)59(84)72(22)48(33-37(8)9)56(81)68-46(31-35(4)5)62(87)74(24)50(38(10)11)64(89)76(52)26/h27-28,34-53,77-78H,29-33H2,1-26H3,(H,66,80)(H,67,79)(H,68,81)(H,69,82)(H,70,83)/b28-27+/t39-,40+,41-,42-,43-,44-,45+,46+,47+,48+,49+,50+,51+,52+,53-/m1/s1. The van der Waals surface area contributed by atoms with Crippen LogP contribution in [0.1, 0.15) is 171 Å². The summed E-state index contributed by atoms with van der Waals surface area (Å²) in [5.74, 6) is -10.7. The molecule has 0 spiro atoms. The number of allylic oxidation sites excluding steroid dienone is 2. The van der Waals surface area contributed by atoms with Crippen molar-refractivity contribution in [2.24, 2.45) is 35.5 Å². The number of nitrogens with one attached hydrogen (secondary N) is 5. The fourth-order valence-corrected chi connectivity index (χ4v) is 11.3. The van der Waals surface area contributed by atoms with E-state index in [4.69, 9.17) is 4.74 Å². The number of rotatable bonds is 16. The normalized spacial score (nSPS) is 27.7. The zero-order valence-electron chi connectivity index (χ0n) is 59.2. The first-order valence-electron chi connectivity index (χ1n) is 32.0. The van der Waals surface area contributed by atoms with Gasteiger partial charge < -0.3 is 70.9 Å². The summed E-state index contributed by atoms with van der Waals surface area (Å²) in [4.78, 5) is 168. The molecule has 7 N–H and O–H groups in total. The highest BCUT2D eigenvalue weighted by Crippen LogP contribution is 2.25. The van der Waals surface area contributed by atoms with Crippen LogP contribution in [0, 0.1) is 35.5 Å². The molecule has 0 bridgehead atoms. The van der Waals surface area contributed by atoms with E-state index in [1.54, 1.807) is 67.5 Å². The van der Waals surface area contributed by atoms with Gasteiger partial charge in [-0.25, -0.2) is 0 Å². The summed E-state index contributed by atoms with van der Waals surface area (Å²) in [5.41, 5.74) is -0.873. The first kappa shape index (κ1) is 81.8. The van der Waals surface area contributed by atoms with Gasteiger partial charge in [0.2, 0.25) is 65.0 Å². The van der Waals surface area contributed by atoms with Gasteiger partial charge in [-0.05, 0) is 130 Å². The maximum Gasteiger partial charge on any atom is 0.248 e. The van der Waals surface area contributed by atoms with Crippen LogP contribution in [0.3, 0.4) is 0 Å². The van der Waals surface area contributed by atoms with E-state index in [2.05, 4.69) is 26.6 Å². The van der Waals surface area contributed by atoms with Crippen LogP contribution >= 0.6 is 0 Å². The molecule has 90 heavy (non-hydrogen) atoms. The Hall–Kier alpha value is -6.21. The van der Waals surface area contributed by atoms with Crippen molar-refractivity contribution in [2.45, 2.75) is 261 Å². The number of aliphatic hydroxyl groups excluding tert-OH is 2. The highest BCUT2D eigenvalue weighted by atomic mass is 16.5. The maximum absolute atomic E-state index is 15.2. The Morgan fingerprint density at radius 2 is 0.856 bits per heavy atom. The summed E-state index contributed by atoms with van der Waals surface area (Å²) < 4.78 is 6.30. The van der Waals surface area contributed by atoms with Crippen molar-refractivity contribution in [1.82, 2.24) is 56.0 Å². The van der Waals surface area contributed by atoms with Gasteiger partial charge in [-0.15, -0.1) is 0 Å². The summed E-state index contributed by atoms with van der Waals surface area (Å²) in [6.07, 6.45) is -0.157.